The predicted octanol–water partition coefficient (Wildman–Crippen LogP) is 1.47. The molecule has 1 aliphatic heterocycles. The molecule has 96 valence electrons. The van der Waals surface area contributed by atoms with Crippen LogP contribution in [-0.4, -0.2) is 34.8 Å². The zero-order valence-electron chi connectivity index (χ0n) is 11.3. The lowest BCUT2D eigenvalue weighted by Gasteiger charge is -2.42. The van der Waals surface area contributed by atoms with E-state index in [-0.39, 0.29) is 17.9 Å². The van der Waals surface area contributed by atoms with Crippen molar-refractivity contribution in [2.24, 2.45) is 0 Å². The van der Waals surface area contributed by atoms with E-state index in [4.69, 9.17) is 0 Å². The molecule has 1 rings (SSSR count). The Labute approximate surface area is 103 Å². The Morgan fingerprint density at radius 2 is 2.00 bits per heavy atom. The maximum atomic E-state index is 12.3. The van der Waals surface area contributed by atoms with Gasteiger partial charge in [-0.15, -0.1) is 0 Å². The van der Waals surface area contributed by atoms with Crippen LogP contribution in [0, 0.1) is 0 Å². The average molecular weight is 238 g/mol. The molecule has 1 unspecified atom stereocenters. The first-order chi connectivity index (χ1) is 7.79. The molecule has 0 radical (unpaired) electrons. The first-order valence-corrected chi connectivity index (χ1v) is 6.06. The van der Waals surface area contributed by atoms with Gasteiger partial charge in [-0.3, -0.25) is 9.59 Å². The van der Waals surface area contributed by atoms with Crippen LogP contribution in [-0.2, 0) is 9.59 Å². The van der Waals surface area contributed by atoms with Crippen molar-refractivity contribution in [3.05, 3.63) is 11.6 Å². The number of amides is 2. The summed E-state index contributed by atoms with van der Waals surface area (Å²) in [6, 6.07) is -0.342. The highest BCUT2D eigenvalue weighted by molar-refractivity contribution is 5.99. The monoisotopic (exact) mass is 238 g/mol. The number of rotatable bonds is 3. The third-order valence-corrected chi connectivity index (χ3v) is 2.99. The largest absolute Gasteiger partial charge is 0.340 e. The fourth-order valence-electron chi connectivity index (χ4n) is 1.98. The molecule has 0 aromatic heterocycles. The van der Waals surface area contributed by atoms with Crippen LogP contribution in [0.3, 0.4) is 0 Å². The van der Waals surface area contributed by atoms with Crippen molar-refractivity contribution >= 4 is 11.8 Å². The van der Waals surface area contributed by atoms with Crippen molar-refractivity contribution in [2.75, 3.05) is 6.54 Å². The fraction of sp³-hybridized carbons (Fsp3) is 0.692. The van der Waals surface area contributed by atoms with Gasteiger partial charge in [0.15, 0.2) is 0 Å². The van der Waals surface area contributed by atoms with Crippen molar-refractivity contribution < 1.29 is 9.59 Å². The maximum absolute atomic E-state index is 12.3. The molecular formula is C13H22N2O2. The Morgan fingerprint density at radius 1 is 1.41 bits per heavy atom. The predicted molar refractivity (Wildman–Crippen MR) is 67.4 cm³/mol. The number of piperazine rings is 1. The Balaban J connectivity index is 2.97. The van der Waals surface area contributed by atoms with Crippen LogP contribution in [0.25, 0.3) is 0 Å². The number of allylic oxidation sites excluding steroid dienone is 1. The number of nitrogens with zero attached hydrogens (tertiary/aromatic N) is 1. The molecule has 4 nitrogen and oxygen atoms in total. The highest BCUT2D eigenvalue weighted by Crippen LogP contribution is 2.19. The molecule has 0 saturated carbocycles. The van der Waals surface area contributed by atoms with Crippen LogP contribution in [0.4, 0.5) is 0 Å². The summed E-state index contributed by atoms with van der Waals surface area (Å²) in [4.78, 5) is 25.8. The van der Waals surface area contributed by atoms with E-state index in [1.807, 2.05) is 26.8 Å². The van der Waals surface area contributed by atoms with E-state index >= 15 is 0 Å². The van der Waals surface area contributed by atoms with Gasteiger partial charge in [-0.25, -0.2) is 0 Å². The van der Waals surface area contributed by atoms with E-state index in [2.05, 4.69) is 5.32 Å². The van der Waals surface area contributed by atoms with Crippen molar-refractivity contribution in [2.45, 2.75) is 52.6 Å². The first kappa shape index (κ1) is 13.7. The maximum Gasteiger partial charge on any atom is 0.248 e. The van der Waals surface area contributed by atoms with Gasteiger partial charge < -0.3 is 10.2 Å². The summed E-state index contributed by atoms with van der Waals surface area (Å²) < 4.78 is 0. The zero-order chi connectivity index (χ0) is 13.2. The van der Waals surface area contributed by atoms with Crippen LogP contribution in [0.5, 0.6) is 0 Å². The van der Waals surface area contributed by atoms with Crippen LogP contribution >= 0.6 is 0 Å². The Hall–Kier alpha value is -1.32. The molecule has 1 saturated heterocycles. The average Bonchev–Trinajstić information content (AvgIpc) is 2.20. The lowest BCUT2D eigenvalue weighted by molar-refractivity contribution is -0.152. The molecule has 1 aliphatic rings. The van der Waals surface area contributed by atoms with Gasteiger partial charge in [0.1, 0.15) is 11.6 Å². The van der Waals surface area contributed by atoms with Crippen LogP contribution in [0.2, 0.25) is 0 Å². The van der Waals surface area contributed by atoms with E-state index in [0.29, 0.717) is 13.0 Å². The molecule has 17 heavy (non-hydrogen) atoms. The van der Waals surface area contributed by atoms with Gasteiger partial charge >= 0.3 is 0 Å². The highest BCUT2D eigenvalue weighted by atomic mass is 16.2. The van der Waals surface area contributed by atoms with Gasteiger partial charge in [0.05, 0.1) is 0 Å². The molecule has 2 amide bonds. The van der Waals surface area contributed by atoms with Gasteiger partial charge in [-0.2, -0.15) is 0 Å². The van der Waals surface area contributed by atoms with E-state index in [1.54, 1.807) is 18.7 Å². The summed E-state index contributed by atoms with van der Waals surface area (Å²) in [7, 11) is 0. The van der Waals surface area contributed by atoms with E-state index < -0.39 is 5.54 Å². The Kier molecular flexibility index (Phi) is 3.96. The van der Waals surface area contributed by atoms with Gasteiger partial charge in [0, 0.05) is 6.54 Å². The third kappa shape index (κ3) is 2.87. The summed E-state index contributed by atoms with van der Waals surface area (Å²) in [5.41, 5.74) is 0.356. The minimum Gasteiger partial charge on any atom is -0.340 e. The molecular weight excluding hydrogens is 216 g/mol. The van der Waals surface area contributed by atoms with E-state index in [9.17, 15) is 9.59 Å². The topological polar surface area (TPSA) is 49.4 Å². The minimum atomic E-state index is -0.793. The van der Waals surface area contributed by atoms with Gasteiger partial charge in [0.2, 0.25) is 11.8 Å². The molecule has 1 fully saturated rings. The lowest BCUT2D eigenvalue weighted by atomic mass is 9.95. The Bertz CT molecular complexity index is 354. The van der Waals surface area contributed by atoms with Gasteiger partial charge in [-0.05, 0) is 34.1 Å². The quantitative estimate of drug-likeness (QED) is 0.757. The Morgan fingerprint density at radius 3 is 2.47 bits per heavy atom. The zero-order valence-corrected chi connectivity index (χ0v) is 11.3. The molecule has 0 aromatic carbocycles. The summed E-state index contributed by atoms with van der Waals surface area (Å²) in [6.45, 7) is 9.90. The standard InChI is InChI=1S/C13H22N2O2/c1-6-10-11(16)14-13(4,5)12(17)15(10)8-7-9(2)3/h7,10H,6,8H2,1-5H3,(H,14,16). The summed E-state index contributed by atoms with van der Waals surface area (Å²) >= 11 is 0. The molecule has 4 heteroatoms. The molecule has 0 aliphatic carbocycles. The molecule has 1 N–H and O–H groups in total. The molecule has 0 bridgehead atoms. The molecule has 1 heterocycles. The van der Waals surface area contributed by atoms with E-state index in [0.717, 1.165) is 5.57 Å². The van der Waals surface area contributed by atoms with Crippen LogP contribution in [0.15, 0.2) is 11.6 Å². The van der Waals surface area contributed by atoms with Crippen LogP contribution < -0.4 is 5.32 Å². The molecule has 0 spiro atoms. The number of hydrogen-bond donors (Lipinski definition) is 1. The minimum absolute atomic E-state index is 0.0125. The highest BCUT2D eigenvalue weighted by Gasteiger charge is 2.43. The number of hydrogen-bond acceptors (Lipinski definition) is 2. The summed E-state index contributed by atoms with van der Waals surface area (Å²) in [5.74, 6) is -0.0688. The van der Waals surface area contributed by atoms with Gasteiger partial charge in [0.25, 0.3) is 0 Å². The fourth-order valence-corrected chi connectivity index (χ4v) is 1.98. The summed E-state index contributed by atoms with van der Waals surface area (Å²) in [6.07, 6.45) is 2.62. The summed E-state index contributed by atoms with van der Waals surface area (Å²) in [5, 5.41) is 2.77. The van der Waals surface area contributed by atoms with E-state index in [1.165, 1.54) is 0 Å². The second kappa shape index (κ2) is 4.90. The van der Waals surface area contributed by atoms with Crippen LogP contribution in [0.1, 0.15) is 41.0 Å². The van der Waals surface area contributed by atoms with Crippen molar-refractivity contribution in [3.63, 3.8) is 0 Å². The van der Waals surface area contributed by atoms with Crippen molar-refractivity contribution in [1.29, 1.82) is 0 Å². The van der Waals surface area contributed by atoms with Gasteiger partial charge in [-0.1, -0.05) is 18.6 Å². The molecule has 1 atom stereocenters. The van der Waals surface area contributed by atoms with Crippen molar-refractivity contribution in [3.8, 4) is 0 Å². The number of nitrogens with one attached hydrogen (secondary N) is 1. The second-order valence-corrected chi connectivity index (χ2v) is 5.28. The molecule has 0 aromatic rings. The number of carbonyl (C=O) groups is 2. The second-order valence-electron chi connectivity index (χ2n) is 5.28. The normalized spacial score (nSPS) is 23.4. The smallest absolute Gasteiger partial charge is 0.248 e. The number of carbonyl (C=O) groups excluding carboxylic acids is 2. The SMILES string of the molecule is CCC1C(=O)NC(C)(C)C(=O)N1CC=C(C)C. The lowest BCUT2D eigenvalue weighted by Crippen LogP contribution is -2.67. The van der Waals surface area contributed by atoms with Crippen molar-refractivity contribution in [1.82, 2.24) is 10.2 Å². The third-order valence-electron chi connectivity index (χ3n) is 2.99. The first-order valence-electron chi connectivity index (χ1n) is 6.06.